The van der Waals surface area contributed by atoms with E-state index in [1.807, 2.05) is 31.2 Å². The average molecular weight is 418 g/mol. The number of benzene rings is 2. The number of ether oxygens (including phenoxy) is 1. The molecule has 0 unspecified atom stereocenters. The lowest BCUT2D eigenvalue weighted by Gasteiger charge is -2.08. The Morgan fingerprint density at radius 3 is 2.74 bits per heavy atom. The summed E-state index contributed by atoms with van der Waals surface area (Å²) in [7, 11) is 1.46. The predicted octanol–water partition coefficient (Wildman–Crippen LogP) is 4.44. The standard InChI is InChI=1S/C23H19FN4O3/c1-14-5-3-4-6-15(14)11-20(29)27-23-21(19-9-10-25-13-26-19)22(28-31-23)17-8-7-16(30-2)12-18(17)24/h3-10,12-13H,11H2,1-2H3,(H,27,29). The van der Waals surface area contributed by atoms with Crippen molar-refractivity contribution in [1.82, 2.24) is 15.1 Å². The molecule has 1 N–H and O–H groups in total. The van der Waals surface area contributed by atoms with Gasteiger partial charge in [0.1, 0.15) is 23.6 Å². The zero-order valence-corrected chi connectivity index (χ0v) is 16.9. The number of amides is 1. The molecule has 0 saturated heterocycles. The van der Waals surface area contributed by atoms with Crippen molar-refractivity contribution in [2.45, 2.75) is 13.3 Å². The molecule has 0 radical (unpaired) electrons. The van der Waals surface area contributed by atoms with E-state index in [0.29, 0.717) is 17.0 Å². The van der Waals surface area contributed by atoms with Crippen LogP contribution in [0.4, 0.5) is 10.3 Å². The largest absolute Gasteiger partial charge is 0.497 e. The Bertz CT molecular complexity index is 1220. The number of aryl methyl sites for hydroxylation is 1. The van der Waals surface area contributed by atoms with Crippen LogP contribution in [0, 0.1) is 12.7 Å². The first-order valence-electron chi connectivity index (χ1n) is 9.51. The van der Waals surface area contributed by atoms with E-state index in [1.54, 1.807) is 18.3 Å². The number of carbonyl (C=O) groups excluding carboxylic acids is 1. The van der Waals surface area contributed by atoms with Crippen molar-refractivity contribution in [2.24, 2.45) is 0 Å². The fraction of sp³-hybridized carbons (Fsp3) is 0.130. The fourth-order valence-corrected chi connectivity index (χ4v) is 3.20. The van der Waals surface area contributed by atoms with Crippen LogP contribution in [-0.2, 0) is 11.2 Å². The topological polar surface area (TPSA) is 90.1 Å². The summed E-state index contributed by atoms with van der Waals surface area (Å²) in [6.45, 7) is 1.94. The maximum Gasteiger partial charge on any atom is 0.241 e. The van der Waals surface area contributed by atoms with Crippen LogP contribution in [-0.4, -0.2) is 28.1 Å². The molecule has 0 fully saturated rings. The third-order valence-electron chi connectivity index (χ3n) is 4.83. The molecule has 4 rings (SSSR count). The van der Waals surface area contributed by atoms with E-state index in [1.165, 1.54) is 25.6 Å². The molecule has 2 heterocycles. The second-order valence-electron chi connectivity index (χ2n) is 6.83. The van der Waals surface area contributed by atoms with Gasteiger partial charge in [0, 0.05) is 17.8 Å². The van der Waals surface area contributed by atoms with E-state index in [4.69, 9.17) is 9.26 Å². The summed E-state index contributed by atoms with van der Waals surface area (Å²) in [5, 5.41) is 6.77. The number of methoxy groups -OCH3 is 1. The van der Waals surface area contributed by atoms with E-state index < -0.39 is 5.82 Å². The van der Waals surface area contributed by atoms with E-state index >= 15 is 0 Å². The maximum atomic E-state index is 14.7. The van der Waals surface area contributed by atoms with Crippen LogP contribution in [0.25, 0.3) is 22.5 Å². The normalized spacial score (nSPS) is 10.7. The number of aromatic nitrogens is 3. The van der Waals surface area contributed by atoms with Crippen LogP contribution >= 0.6 is 0 Å². The van der Waals surface area contributed by atoms with Gasteiger partial charge in [-0.2, -0.15) is 0 Å². The molecule has 0 aliphatic rings. The van der Waals surface area contributed by atoms with Crippen molar-refractivity contribution < 1.29 is 18.4 Å². The number of halogens is 1. The van der Waals surface area contributed by atoms with Crippen molar-refractivity contribution in [3.8, 4) is 28.3 Å². The zero-order valence-electron chi connectivity index (χ0n) is 16.9. The number of hydrogen-bond acceptors (Lipinski definition) is 6. The molecule has 0 bridgehead atoms. The van der Waals surface area contributed by atoms with Crippen LogP contribution in [0.1, 0.15) is 11.1 Å². The van der Waals surface area contributed by atoms with Gasteiger partial charge in [-0.15, -0.1) is 0 Å². The SMILES string of the molecule is COc1ccc(-c2noc(NC(=O)Cc3ccccc3C)c2-c2ccncn2)c(F)c1. The lowest BCUT2D eigenvalue weighted by atomic mass is 10.0. The number of rotatable bonds is 6. The summed E-state index contributed by atoms with van der Waals surface area (Å²) in [6, 6.07) is 13.7. The first-order valence-corrected chi connectivity index (χ1v) is 9.51. The summed E-state index contributed by atoms with van der Waals surface area (Å²) >= 11 is 0. The lowest BCUT2D eigenvalue weighted by molar-refractivity contribution is -0.115. The van der Waals surface area contributed by atoms with Crippen LogP contribution in [0.15, 0.2) is 65.6 Å². The monoisotopic (exact) mass is 418 g/mol. The predicted molar refractivity (Wildman–Crippen MR) is 113 cm³/mol. The first kappa shape index (κ1) is 20.2. The Hall–Kier alpha value is -4.07. The van der Waals surface area contributed by atoms with E-state index in [9.17, 15) is 9.18 Å². The van der Waals surface area contributed by atoms with E-state index in [-0.39, 0.29) is 29.5 Å². The Balaban J connectivity index is 1.72. The highest BCUT2D eigenvalue weighted by molar-refractivity contribution is 5.97. The highest BCUT2D eigenvalue weighted by Gasteiger charge is 2.24. The minimum absolute atomic E-state index is 0.0857. The van der Waals surface area contributed by atoms with Gasteiger partial charge in [0.2, 0.25) is 11.8 Å². The second kappa shape index (κ2) is 8.74. The van der Waals surface area contributed by atoms with Crippen LogP contribution < -0.4 is 10.1 Å². The molecule has 8 heteroatoms. The molecule has 156 valence electrons. The molecule has 0 aliphatic carbocycles. The molecule has 31 heavy (non-hydrogen) atoms. The molecule has 4 aromatic rings. The summed E-state index contributed by atoms with van der Waals surface area (Å²) in [6.07, 6.45) is 3.06. The Kier molecular flexibility index (Phi) is 5.70. The Labute approximate surface area is 177 Å². The van der Waals surface area contributed by atoms with Crippen LogP contribution in [0.3, 0.4) is 0 Å². The van der Waals surface area contributed by atoms with Crippen molar-refractivity contribution in [3.63, 3.8) is 0 Å². The molecule has 0 spiro atoms. The lowest BCUT2D eigenvalue weighted by Crippen LogP contribution is -2.15. The van der Waals surface area contributed by atoms with Crippen molar-refractivity contribution in [2.75, 3.05) is 12.4 Å². The summed E-state index contributed by atoms with van der Waals surface area (Å²) in [5.41, 5.74) is 3.11. The number of nitrogens with zero attached hydrogens (tertiary/aromatic N) is 3. The molecular weight excluding hydrogens is 399 g/mol. The highest BCUT2D eigenvalue weighted by atomic mass is 19.1. The molecule has 7 nitrogen and oxygen atoms in total. The average Bonchev–Trinajstić information content (AvgIpc) is 3.18. The quantitative estimate of drug-likeness (QED) is 0.498. The van der Waals surface area contributed by atoms with Gasteiger partial charge < -0.3 is 9.26 Å². The molecule has 1 amide bonds. The fourth-order valence-electron chi connectivity index (χ4n) is 3.20. The Morgan fingerprint density at radius 2 is 2.03 bits per heavy atom. The van der Waals surface area contributed by atoms with Gasteiger partial charge in [0.05, 0.1) is 24.8 Å². The van der Waals surface area contributed by atoms with Gasteiger partial charge in [-0.05, 0) is 36.2 Å². The van der Waals surface area contributed by atoms with E-state index in [2.05, 4.69) is 20.4 Å². The molecule has 2 aromatic carbocycles. The molecular formula is C23H19FN4O3. The van der Waals surface area contributed by atoms with Gasteiger partial charge in [0.25, 0.3) is 0 Å². The zero-order chi connectivity index (χ0) is 21.8. The number of carbonyl (C=O) groups is 1. The first-order chi connectivity index (χ1) is 15.1. The van der Waals surface area contributed by atoms with E-state index in [0.717, 1.165) is 11.1 Å². The second-order valence-corrected chi connectivity index (χ2v) is 6.83. The summed E-state index contributed by atoms with van der Waals surface area (Å²) < 4.78 is 25.2. The van der Waals surface area contributed by atoms with Crippen LogP contribution in [0.5, 0.6) is 5.75 Å². The van der Waals surface area contributed by atoms with Gasteiger partial charge in [-0.1, -0.05) is 29.4 Å². The molecule has 0 saturated carbocycles. The smallest absolute Gasteiger partial charge is 0.241 e. The number of anilines is 1. The maximum absolute atomic E-state index is 14.7. The Morgan fingerprint density at radius 1 is 1.19 bits per heavy atom. The summed E-state index contributed by atoms with van der Waals surface area (Å²) in [4.78, 5) is 20.8. The van der Waals surface area contributed by atoms with Crippen molar-refractivity contribution in [1.29, 1.82) is 0 Å². The van der Waals surface area contributed by atoms with Gasteiger partial charge in [-0.3, -0.25) is 10.1 Å². The summed E-state index contributed by atoms with van der Waals surface area (Å²) in [5.74, 6) is -0.370. The van der Waals surface area contributed by atoms with Gasteiger partial charge in [-0.25, -0.2) is 14.4 Å². The van der Waals surface area contributed by atoms with Crippen molar-refractivity contribution in [3.05, 3.63) is 78.0 Å². The minimum Gasteiger partial charge on any atom is -0.497 e. The third kappa shape index (κ3) is 4.28. The molecule has 0 aliphatic heterocycles. The third-order valence-corrected chi connectivity index (χ3v) is 4.83. The van der Waals surface area contributed by atoms with Gasteiger partial charge >= 0.3 is 0 Å². The number of hydrogen-bond donors (Lipinski definition) is 1. The number of nitrogens with one attached hydrogen (secondary N) is 1. The highest BCUT2D eigenvalue weighted by Crippen LogP contribution is 2.38. The van der Waals surface area contributed by atoms with Crippen molar-refractivity contribution >= 4 is 11.8 Å². The van der Waals surface area contributed by atoms with Gasteiger partial charge in [0.15, 0.2) is 0 Å². The molecule has 0 atom stereocenters. The molecule has 2 aromatic heterocycles. The minimum atomic E-state index is -0.541. The van der Waals surface area contributed by atoms with Crippen LogP contribution in [0.2, 0.25) is 0 Å².